The van der Waals surface area contributed by atoms with Gasteiger partial charge in [-0.1, -0.05) is 0 Å². The molecule has 7 heteroatoms. The fourth-order valence-electron chi connectivity index (χ4n) is 4.86. The van der Waals surface area contributed by atoms with Gasteiger partial charge >= 0.3 is 0 Å². The second-order valence-corrected chi connectivity index (χ2v) is 8.98. The number of hydrogen-bond acceptors (Lipinski definition) is 6. The van der Waals surface area contributed by atoms with Crippen molar-refractivity contribution < 1.29 is 19.0 Å². The van der Waals surface area contributed by atoms with Gasteiger partial charge in [0.2, 0.25) is 5.91 Å². The van der Waals surface area contributed by atoms with Crippen LogP contribution < -0.4 is 14.8 Å². The molecular weight excluding hydrogens is 382 g/mol. The van der Waals surface area contributed by atoms with Crippen LogP contribution in [0.2, 0.25) is 0 Å². The van der Waals surface area contributed by atoms with Crippen LogP contribution in [-0.2, 0) is 9.53 Å². The molecule has 1 aromatic carbocycles. The van der Waals surface area contributed by atoms with E-state index in [2.05, 4.69) is 29.0 Å². The molecule has 30 heavy (non-hydrogen) atoms. The number of hydrogen-bond donors (Lipinski definition) is 1. The third-order valence-electron chi connectivity index (χ3n) is 6.40. The second-order valence-electron chi connectivity index (χ2n) is 8.98. The van der Waals surface area contributed by atoms with Crippen molar-refractivity contribution in [2.75, 3.05) is 51.3 Å². The van der Waals surface area contributed by atoms with Crippen LogP contribution in [-0.4, -0.2) is 79.9 Å². The molecule has 2 saturated heterocycles. The highest BCUT2D eigenvalue weighted by Crippen LogP contribution is 2.32. The molecule has 1 N–H and O–H groups in total. The van der Waals surface area contributed by atoms with Crippen LogP contribution in [0.3, 0.4) is 0 Å². The average Bonchev–Trinajstić information content (AvgIpc) is 2.73. The van der Waals surface area contributed by atoms with Crippen LogP contribution in [0.1, 0.15) is 33.6 Å². The Morgan fingerprint density at radius 2 is 1.77 bits per heavy atom. The Balaban J connectivity index is 1.24. The van der Waals surface area contributed by atoms with E-state index in [1.54, 1.807) is 0 Å². The number of rotatable bonds is 5. The first-order chi connectivity index (χ1) is 14.5. The number of carbonyl (C=O) groups is 1. The molecule has 0 spiro atoms. The fraction of sp³-hybridized carbons (Fsp3) is 0.696. The van der Waals surface area contributed by atoms with E-state index in [0.29, 0.717) is 37.1 Å². The maximum atomic E-state index is 12.8. The largest absolute Gasteiger partial charge is 0.486 e. The number of anilines is 1. The molecular formula is C23H35N3O4. The van der Waals surface area contributed by atoms with Gasteiger partial charge in [-0.05, 0) is 64.8 Å². The first-order valence-electron chi connectivity index (χ1n) is 11.3. The number of amides is 1. The minimum Gasteiger partial charge on any atom is -0.486 e. The average molecular weight is 418 g/mol. The molecule has 3 aliphatic heterocycles. The molecule has 3 heterocycles. The van der Waals surface area contributed by atoms with Crippen LogP contribution in [0, 0.1) is 5.92 Å². The van der Waals surface area contributed by atoms with E-state index in [0.717, 1.165) is 57.0 Å². The molecule has 0 saturated carbocycles. The van der Waals surface area contributed by atoms with Gasteiger partial charge in [-0.15, -0.1) is 0 Å². The predicted molar refractivity (Wildman–Crippen MR) is 116 cm³/mol. The summed E-state index contributed by atoms with van der Waals surface area (Å²) in [7, 11) is 0. The third-order valence-corrected chi connectivity index (χ3v) is 6.40. The van der Waals surface area contributed by atoms with Gasteiger partial charge in [-0.2, -0.15) is 0 Å². The normalized spacial score (nSPS) is 26.9. The van der Waals surface area contributed by atoms with Gasteiger partial charge in [0.25, 0.3) is 0 Å². The Morgan fingerprint density at radius 1 is 1.10 bits per heavy atom. The number of nitrogens with zero attached hydrogens (tertiary/aromatic N) is 2. The fourth-order valence-corrected chi connectivity index (χ4v) is 4.86. The van der Waals surface area contributed by atoms with E-state index in [9.17, 15) is 4.79 Å². The summed E-state index contributed by atoms with van der Waals surface area (Å²) in [6.45, 7) is 12.6. The SMILES string of the molecule is CC1CN(CC2CCN(C(C)C(=O)Nc3ccc4c(c3)OCCO4)CC2)CC(C)O1. The lowest BCUT2D eigenvalue weighted by Crippen LogP contribution is -2.50. The molecule has 166 valence electrons. The van der Waals surface area contributed by atoms with E-state index >= 15 is 0 Å². The van der Waals surface area contributed by atoms with E-state index in [1.165, 1.54) is 0 Å². The van der Waals surface area contributed by atoms with E-state index in [1.807, 2.05) is 25.1 Å². The topological polar surface area (TPSA) is 63.3 Å². The van der Waals surface area contributed by atoms with Crippen LogP contribution in [0.5, 0.6) is 11.5 Å². The molecule has 3 unspecified atom stereocenters. The van der Waals surface area contributed by atoms with Gasteiger partial charge < -0.3 is 19.5 Å². The molecule has 0 aromatic heterocycles. The van der Waals surface area contributed by atoms with E-state index in [4.69, 9.17) is 14.2 Å². The maximum Gasteiger partial charge on any atom is 0.241 e. The molecule has 3 aliphatic rings. The minimum atomic E-state index is -0.150. The molecule has 1 aromatic rings. The summed E-state index contributed by atoms with van der Waals surface area (Å²) in [4.78, 5) is 17.7. The number of morpholine rings is 1. The van der Waals surface area contributed by atoms with Crippen LogP contribution in [0.4, 0.5) is 5.69 Å². The highest BCUT2D eigenvalue weighted by molar-refractivity contribution is 5.94. The van der Waals surface area contributed by atoms with Crippen molar-refractivity contribution in [3.05, 3.63) is 18.2 Å². The van der Waals surface area contributed by atoms with Crippen LogP contribution in [0.25, 0.3) is 0 Å². The Morgan fingerprint density at radius 3 is 2.47 bits per heavy atom. The zero-order chi connectivity index (χ0) is 21.1. The van der Waals surface area contributed by atoms with Gasteiger partial charge in [0.05, 0.1) is 18.2 Å². The van der Waals surface area contributed by atoms with Crippen molar-refractivity contribution in [2.24, 2.45) is 5.92 Å². The lowest BCUT2D eigenvalue weighted by atomic mass is 9.94. The Kier molecular flexibility index (Phi) is 6.80. The quantitative estimate of drug-likeness (QED) is 0.795. The molecule has 0 bridgehead atoms. The summed E-state index contributed by atoms with van der Waals surface area (Å²) >= 11 is 0. The third kappa shape index (κ3) is 5.25. The van der Waals surface area contributed by atoms with Crippen LogP contribution in [0.15, 0.2) is 18.2 Å². The molecule has 4 rings (SSSR count). The molecule has 7 nitrogen and oxygen atoms in total. The summed E-state index contributed by atoms with van der Waals surface area (Å²) in [6.07, 6.45) is 2.92. The Labute approximate surface area is 179 Å². The number of carbonyl (C=O) groups excluding carboxylic acids is 1. The number of ether oxygens (including phenoxy) is 3. The van der Waals surface area contributed by atoms with Gasteiger partial charge in [0.15, 0.2) is 11.5 Å². The number of benzene rings is 1. The van der Waals surface area contributed by atoms with Crippen molar-refractivity contribution in [2.45, 2.75) is 51.9 Å². The molecule has 2 fully saturated rings. The molecule has 3 atom stereocenters. The lowest BCUT2D eigenvalue weighted by molar-refractivity contribution is -0.121. The maximum absolute atomic E-state index is 12.8. The second kappa shape index (κ2) is 9.54. The van der Waals surface area contributed by atoms with Crippen molar-refractivity contribution >= 4 is 11.6 Å². The number of nitrogens with one attached hydrogen (secondary N) is 1. The van der Waals surface area contributed by atoms with Gasteiger partial charge in [0.1, 0.15) is 13.2 Å². The van der Waals surface area contributed by atoms with Crippen molar-refractivity contribution in [3.8, 4) is 11.5 Å². The lowest BCUT2D eigenvalue weighted by Gasteiger charge is -2.40. The number of piperidine rings is 1. The summed E-state index contributed by atoms with van der Waals surface area (Å²) in [5.41, 5.74) is 0.751. The van der Waals surface area contributed by atoms with Crippen LogP contribution >= 0.6 is 0 Å². The van der Waals surface area contributed by atoms with Crippen molar-refractivity contribution in [1.29, 1.82) is 0 Å². The number of likely N-dealkylation sites (tertiary alicyclic amines) is 1. The van der Waals surface area contributed by atoms with E-state index in [-0.39, 0.29) is 11.9 Å². The predicted octanol–water partition coefficient (Wildman–Crippen LogP) is 2.61. The summed E-state index contributed by atoms with van der Waals surface area (Å²) < 4.78 is 17.0. The standard InChI is InChI=1S/C23H35N3O4/c1-16-13-25(14-17(2)30-16)15-19-6-8-26(9-7-19)18(3)23(27)24-20-4-5-21-22(12-20)29-11-10-28-21/h4-5,12,16-19H,6-11,13-15H2,1-3H3,(H,24,27). The zero-order valence-electron chi connectivity index (χ0n) is 18.4. The summed E-state index contributed by atoms with van der Waals surface area (Å²) in [5.74, 6) is 2.16. The number of fused-ring (bicyclic) bond motifs is 1. The van der Waals surface area contributed by atoms with Crippen molar-refractivity contribution in [3.63, 3.8) is 0 Å². The van der Waals surface area contributed by atoms with Gasteiger partial charge in [-0.25, -0.2) is 0 Å². The van der Waals surface area contributed by atoms with E-state index < -0.39 is 0 Å². The molecule has 0 radical (unpaired) electrons. The van der Waals surface area contributed by atoms with Crippen molar-refractivity contribution in [1.82, 2.24) is 9.80 Å². The highest BCUT2D eigenvalue weighted by Gasteiger charge is 2.29. The monoisotopic (exact) mass is 417 g/mol. The summed E-state index contributed by atoms with van der Waals surface area (Å²) in [5, 5.41) is 3.04. The molecule has 1 amide bonds. The molecule has 0 aliphatic carbocycles. The zero-order valence-corrected chi connectivity index (χ0v) is 18.4. The Bertz CT molecular complexity index is 725. The summed E-state index contributed by atoms with van der Waals surface area (Å²) in [6, 6.07) is 5.42. The smallest absolute Gasteiger partial charge is 0.241 e. The highest BCUT2D eigenvalue weighted by atomic mass is 16.6. The van der Waals surface area contributed by atoms with Gasteiger partial charge in [0, 0.05) is 31.4 Å². The Hall–Kier alpha value is -1.83. The van der Waals surface area contributed by atoms with Gasteiger partial charge in [-0.3, -0.25) is 14.6 Å². The minimum absolute atomic E-state index is 0.0287. The first kappa shape index (κ1) is 21.4. The first-order valence-corrected chi connectivity index (χ1v) is 11.3.